The molecule has 10 nitrogen and oxygen atoms in total. The summed E-state index contributed by atoms with van der Waals surface area (Å²) >= 11 is 0. The fraction of sp³-hybridized carbons (Fsp3) is 0.250. The number of ketones is 1. The second-order valence-electron chi connectivity index (χ2n) is 6.30. The number of hydrogen-bond acceptors (Lipinski definition) is 7. The quantitative estimate of drug-likeness (QED) is 0.277. The first kappa shape index (κ1) is 22.3. The fourth-order valence-electron chi connectivity index (χ4n) is 2.25. The number of rotatable bonds is 10. The monoisotopic (exact) mass is 411 g/mol. The number of benzene rings is 2. The summed E-state index contributed by atoms with van der Waals surface area (Å²) < 4.78 is 5.44. The van der Waals surface area contributed by atoms with Gasteiger partial charge in [0.25, 0.3) is 0 Å². The summed E-state index contributed by atoms with van der Waals surface area (Å²) in [6.45, 7) is -0.358. The average molecular weight is 411 g/mol. The van der Waals surface area contributed by atoms with Crippen molar-refractivity contribution in [3.63, 3.8) is 0 Å². The number of amides is 2. The number of nitrogens with zero attached hydrogens (tertiary/aromatic N) is 4. The van der Waals surface area contributed by atoms with E-state index in [4.69, 9.17) is 4.74 Å². The van der Waals surface area contributed by atoms with Gasteiger partial charge in [-0.2, -0.15) is 0 Å². The summed E-state index contributed by atoms with van der Waals surface area (Å²) in [5, 5.41) is 13.9. The van der Waals surface area contributed by atoms with Crippen LogP contribution in [-0.4, -0.2) is 49.9 Å². The van der Waals surface area contributed by atoms with E-state index in [-0.39, 0.29) is 18.8 Å². The van der Waals surface area contributed by atoms with E-state index in [1.165, 1.54) is 0 Å². The molecule has 0 spiro atoms. The molecule has 2 amide bonds. The Kier molecular flexibility index (Phi) is 8.30. The van der Waals surface area contributed by atoms with Crippen molar-refractivity contribution >= 4 is 23.3 Å². The number of nitroso groups, excluding NO2 is 1. The van der Waals surface area contributed by atoms with Gasteiger partial charge in [0.1, 0.15) is 12.3 Å². The Labute approximate surface area is 172 Å². The van der Waals surface area contributed by atoms with Crippen molar-refractivity contribution in [3.8, 4) is 5.75 Å². The number of ether oxygens (including phenoxy) is 1. The molecule has 10 heteroatoms. The molecule has 0 fully saturated rings. The molecule has 0 saturated heterocycles. The second kappa shape index (κ2) is 11.1. The third-order valence-electron chi connectivity index (χ3n) is 3.72. The fourth-order valence-corrected chi connectivity index (χ4v) is 2.25. The Morgan fingerprint density at radius 2 is 1.57 bits per heavy atom. The van der Waals surface area contributed by atoms with Crippen LogP contribution in [0.1, 0.15) is 22.3 Å². The zero-order valence-corrected chi connectivity index (χ0v) is 16.6. The van der Waals surface area contributed by atoms with Gasteiger partial charge in [-0.1, -0.05) is 5.22 Å². The zero-order chi connectivity index (χ0) is 21.9. The predicted molar refractivity (Wildman–Crippen MR) is 108 cm³/mol. The topological polar surface area (TPSA) is 130 Å². The van der Waals surface area contributed by atoms with Gasteiger partial charge in [0, 0.05) is 30.4 Å². The van der Waals surface area contributed by atoms with Crippen molar-refractivity contribution in [1.29, 1.82) is 0 Å². The second-order valence-corrected chi connectivity index (χ2v) is 6.30. The molecule has 2 aromatic carbocycles. The van der Waals surface area contributed by atoms with E-state index < -0.39 is 18.4 Å². The zero-order valence-electron chi connectivity index (χ0n) is 16.6. The molecule has 156 valence electrons. The van der Waals surface area contributed by atoms with E-state index in [1.54, 1.807) is 67.6 Å². The van der Waals surface area contributed by atoms with Gasteiger partial charge < -0.3 is 10.1 Å². The van der Waals surface area contributed by atoms with Crippen LogP contribution in [0.15, 0.2) is 64.0 Å². The largest absolute Gasteiger partial charge is 0.493 e. The van der Waals surface area contributed by atoms with Crippen LogP contribution in [0.3, 0.4) is 0 Å². The van der Waals surface area contributed by atoms with E-state index >= 15 is 0 Å². The molecule has 0 aliphatic carbocycles. The van der Waals surface area contributed by atoms with E-state index in [0.29, 0.717) is 22.6 Å². The van der Waals surface area contributed by atoms with Gasteiger partial charge in [0.05, 0.1) is 18.7 Å². The highest BCUT2D eigenvalue weighted by Crippen LogP contribution is 2.18. The Balaban J connectivity index is 1.86. The summed E-state index contributed by atoms with van der Waals surface area (Å²) in [6.07, 6.45) is 0.00429. The third-order valence-corrected chi connectivity index (χ3v) is 3.72. The summed E-state index contributed by atoms with van der Waals surface area (Å²) in [5.41, 5.74) is 1.64. The molecule has 0 heterocycles. The highest BCUT2D eigenvalue weighted by atomic mass is 16.5. The Bertz CT molecular complexity index is 924. The number of hydrogen-bond donors (Lipinski definition) is 1. The lowest BCUT2D eigenvalue weighted by atomic mass is 10.0. The van der Waals surface area contributed by atoms with Crippen LogP contribution in [0.5, 0.6) is 5.75 Å². The molecule has 0 unspecified atom stereocenters. The number of nitrogens with one attached hydrogen (secondary N) is 1. The first-order chi connectivity index (χ1) is 14.4. The molecule has 0 saturated carbocycles. The smallest absolute Gasteiger partial charge is 0.305 e. The summed E-state index contributed by atoms with van der Waals surface area (Å²) in [6, 6.07) is 13.3. The van der Waals surface area contributed by atoms with Crippen LogP contribution in [0.2, 0.25) is 0 Å². The lowest BCUT2D eigenvalue weighted by Crippen LogP contribution is -2.29. The van der Waals surface area contributed by atoms with E-state index in [9.17, 15) is 19.3 Å². The highest BCUT2D eigenvalue weighted by Gasteiger charge is 2.10. The average Bonchev–Trinajstić information content (AvgIpc) is 2.76. The van der Waals surface area contributed by atoms with Crippen molar-refractivity contribution in [3.05, 3.63) is 64.6 Å². The van der Waals surface area contributed by atoms with Crippen LogP contribution in [-0.2, 0) is 9.59 Å². The van der Waals surface area contributed by atoms with E-state index in [2.05, 4.69) is 20.8 Å². The lowest BCUT2D eigenvalue weighted by molar-refractivity contribution is -0.125. The Hall–Kier alpha value is -3.95. The lowest BCUT2D eigenvalue weighted by Gasteiger charge is -2.07. The van der Waals surface area contributed by atoms with E-state index in [0.717, 1.165) is 0 Å². The van der Waals surface area contributed by atoms with Crippen molar-refractivity contribution in [1.82, 2.24) is 10.3 Å². The van der Waals surface area contributed by atoms with Gasteiger partial charge in [0.2, 0.25) is 5.91 Å². The Morgan fingerprint density at radius 1 is 0.967 bits per heavy atom. The van der Waals surface area contributed by atoms with Gasteiger partial charge in [0.15, 0.2) is 5.78 Å². The molecule has 0 aromatic heterocycles. The van der Waals surface area contributed by atoms with Crippen LogP contribution in [0.4, 0.5) is 5.69 Å². The van der Waals surface area contributed by atoms with Gasteiger partial charge in [-0.25, -0.2) is 0 Å². The summed E-state index contributed by atoms with van der Waals surface area (Å²) in [4.78, 5) is 44.7. The SMILES string of the molecule is CN(C)/N=N/c1ccc(C(=O)c2ccc(OCCC(=O)NCC(=O)N=O)cc2)cc1. The molecule has 2 aromatic rings. The Morgan fingerprint density at radius 3 is 2.13 bits per heavy atom. The van der Waals surface area contributed by atoms with Crippen LogP contribution in [0.25, 0.3) is 0 Å². The van der Waals surface area contributed by atoms with Crippen LogP contribution >= 0.6 is 0 Å². The van der Waals surface area contributed by atoms with Crippen molar-refractivity contribution in [2.45, 2.75) is 6.42 Å². The molecular formula is C20H21N5O5. The molecule has 0 aliphatic rings. The predicted octanol–water partition coefficient (Wildman–Crippen LogP) is 2.66. The molecular weight excluding hydrogens is 390 g/mol. The molecule has 1 N–H and O–H groups in total. The summed E-state index contributed by atoms with van der Waals surface area (Å²) in [5.74, 6) is -1.04. The maximum atomic E-state index is 12.6. The van der Waals surface area contributed by atoms with E-state index in [1.807, 2.05) is 0 Å². The van der Waals surface area contributed by atoms with Gasteiger partial charge in [-0.3, -0.25) is 19.4 Å². The standard InChI is InChI=1S/C20H21N5O5/c1-25(2)24-22-16-7-3-14(4-8-16)20(28)15-5-9-17(10-6-15)30-12-11-18(26)21-13-19(27)23-29/h3-10H,11-13H2,1-2H3,(H,21,26)/b24-22+. The number of carbonyl (C=O) groups excluding carboxylic acids is 3. The van der Waals surface area contributed by atoms with Gasteiger partial charge >= 0.3 is 5.91 Å². The maximum absolute atomic E-state index is 12.6. The molecule has 0 radical (unpaired) electrons. The summed E-state index contributed by atoms with van der Waals surface area (Å²) in [7, 11) is 3.53. The van der Waals surface area contributed by atoms with Crippen molar-refractivity contribution in [2.75, 3.05) is 27.2 Å². The number of carbonyl (C=O) groups is 3. The minimum absolute atomic E-state index is 0.00429. The van der Waals surface area contributed by atoms with Crippen molar-refractivity contribution in [2.24, 2.45) is 15.5 Å². The minimum Gasteiger partial charge on any atom is -0.493 e. The first-order valence-corrected chi connectivity index (χ1v) is 8.98. The normalized spacial score (nSPS) is 10.5. The molecule has 2 rings (SSSR count). The third kappa shape index (κ3) is 7.23. The molecule has 0 atom stereocenters. The molecule has 0 bridgehead atoms. The maximum Gasteiger partial charge on any atom is 0.305 e. The first-order valence-electron chi connectivity index (χ1n) is 8.98. The molecule has 0 aliphatic heterocycles. The highest BCUT2D eigenvalue weighted by molar-refractivity contribution is 6.09. The molecule has 30 heavy (non-hydrogen) atoms. The van der Waals surface area contributed by atoms with Crippen LogP contribution in [0, 0.1) is 4.91 Å². The minimum atomic E-state index is -0.947. The van der Waals surface area contributed by atoms with Gasteiger partial charge in [-0.05, 0) is 48.5 Å². The van der Waals surface area contributed by atoms with Crippen LogP contribution < -0.4 is 10.1 Å². The van der Waals surface area contributed by atoms with Gasteiger partial charge in [-0.15, -0.1) is 10.0 Å². The van der Waals surface area contributed by atoms with Crippen molar-refractivity contribution < 1.29 is 19.1 Å².